The summed E-state index contributed by atoms with van der Waals surface area (Å²) in [5.74, 6) is 0. The molecule has 0 aromatic carbocycles. The molecule has 176 valence electrons. The average Bonchev–Trinajstić information content (AvgIpc) is 2.42. The highest BCUT2D eigenvalue weighted by Crippen LogP contribution is 2.47. The Morgan fingerprint density at radius 1 is 0.733 bits per heavy atom. The van der Waals surface area contributed by atoms with Crippen molar-refractivity contribution in [2.75, 3.05) is 0 Å². The lowest BCUT2D eigenvalue weighted by Gasteiger charge is -2.31. The summed E-state index contributed by atoms with van der Waals surface area (Å²) in [6.45, 7) is 2.08. The van der Waals surface area contributed by atoms with E-state index >= 15 is 0 Å². The summed E-state index contributed by atoms with van der Waals surface area (Å²) in [5, 5.41) is 0. The van der Waals surface area contributed by atoms with Gasteiger partial charge < -0.3 is 0 Å². The fourth-order valence-corrected chi connectivity index (χ4v) is 7.19. The van der Waals surface area contributed by atoms with Gasteiger partial charge in [0, 0.05) is 11.6 Å². The third-order valence-electron chi connectivity index (χ3n) is 2.66. The van der Waals surface area contributed by atoms with Crippen molar-refractivity contribution in [3.63, 3.8) is 0 Å². The minimum atomic E-state index is -8.02. The Morgan fingerprint density at radius 2 is 1.03 bits per heavy atom. The number of nitrogens with zero attached hydrogens (tertiary/aromatic N) is 1. The zero-order valence-corrected chi connectivity index (χ0v) is 16.8. The van der Waals surface area contributed by atoms with Crippen molar-refractivity contribution >= 4 is 29.5 Å². The Kier molecular flexibility index (Phi) is 8.02. The van der Waals surface area contributed by atoms with Crippen LogP contribution in [0, 0.1) is 10.8 Å². The minimum Gasteiger partial charge on any atom is -0.251 e. The molecule has 0 aliphatic rings. The Labute approximate surface area is 163 Å². The highest BCUT2D eigenvalue weighted by molar-refractivity contribution is 8.29. The van der Waals surface area contributed by atoms with Crippen LogP contribution in [-0.2, 0) is 36.6 Å². The molecule has 0 fully saturated rings. The Morgan fingerprint density at radius 3 is 1.20 bits per heavy atom. The van der Waals surface area contributed by atoms with Gasteiger partial charge in [0.05, 0.1) is 3.91 Å². The fraction of sp³-hybridized carbons (Fsp3) is 0.455. The van der Waals surface area contributed by atoms with Gasteiger partial charge in [0.15, 0.2) is 41.9 Å². The molecule has 0 N–H and O–H groups in total. The number of halogens is 9. The lowest BCUT2D eigenvalue weighted by Crippen LogP contribution is -2.47. The van der Waals surface area contributed by atoms with E-state index in [9.17, 15) is 64.8 Å². The van der Waals surface area contributed by atoms with E-state index in [4.69, 9.17) is 0 Å². The van der Waals surface area contributed by atoms with E-state index in [1.807, 2.05) is 23.9 Å². The van der Waals surface area contributed by atoms with Gasteiger partial charge in [0.25, 0.3) is 0 Å². The van der Waals surface area contributed by atoms with Crippen LogP contribution in [0.25, 0.3) is 0 Å². The molecule has 0 spiro atoms. The van der Waals surface area contributed by atoms with Crippen LogP contribution >= 0.6 is 0 Å². The molecule has 0 aliphatic carbocycles. The number of alkyl halides is 9. The lowest BCUT2D eigenvalue weighted by atomic mass is 10.3. The first-order chi connectivity index (χ1) is 12.9. The summed E-state index contributed by atoms with van der Waals surface area (Å²) in [7, 11) is -22.0. The second-order valence-corrected chi connectivity index (χ2v) is 11.6. The van der Waals surface area contributed by atoms with E-state index in [0.717, 1.165) is 0 Å². The van der Waals surface area contributed by atoms with Crippen molar-refractivity contribution in [3.8, 4) is 0 Å². The van der Waals surface area contributed by atoms with E-state index < -0.39 is 50.0 Å². The molecule has 0 amide bonds. The van der Waals surface area contributed by atoms with Gasteiger partial charge in [-0.15, -0.1) is 0 Å². The molecule has 0 saturated carbocycles. The van der Waals surface area contributed by atoms with E-state index in [2.05, 4.69) is 19.2 Å². The third-order valence-corrected chi connectivity index (χ3v) is 9.75. The van der Waals surface area contributed by atoms with Gasteiger partial charge in [-0.2, -0.15) is 39.5 Å². The van der Waals surface area contributed by atoms with Crippen LogP contribution in [0.15, 0.2) is 24.5 Å². The quantitative estimate of drug-likeness (QED) is 0.344. The number of sulfone groups is 3. The highest BCUT2D eigenvalue weighted by atomic mass is 32.3. The largest absolute Gasteiger partial charge is 0.470 e. The molecule has 19 heteroatoms. The molecule has 1 aromatic heterocycles. The first-order valence-corrected chi connectivity index (χ1v) is 11.1. The van der Waals surface area contributed by atoms with Gasteiger partial charge in [-0.3, -0.25) is 25.3 Å². The van der Waals surface area contributed by atoms with Crippen LogP contribution in [0.4, 0.5) is 39.5 Å². The molecule has 1 aromatic rings. The summed E-state index contributed by atoms with van der Waals surface area (Å²) in [6.07, 6.45) is 4.10. The molecule has 7 nitrogen and oxygen atoms in total. The normalized spacial score (nSPS) is 14.3. The van der Waals surface area contributed by atoms with Crippen LogP contribution in [0.2, 0.25) is 0 Å². The van der Waals surface area contributed by atoms with Crippen LogP contribution in [0.5, 0.6) is 0 Å². The molecular formula is C11H10F9NO6S3. The zero-order chi connectivity index (χ0) is 24.6. The van der Waals surface area contributed by atoms with E-state index in [0.29, 0.717) is 0 Å². The minimum absolute atomic E-state index is 1.30. The average molecular weight is 519 g/mol. The van der Waals surface area contributed by atoms with Crippen molar-refractivity contribution < 1.29 is 69.3 Å². The molecule has 30 heavy (non-hydrogen) atoms. The fourth-order valence-electron chi connectivity index (χ4n) is 1.45. The third kappa shape index (κ3) is 5.96. The van der Waals surface area contributed by atoms with Crippen molar-refractivity contribution in [1.29, 1.82) is 0 Å². The van der Waals surface area contributed by atoms with Gasteiger partial charge in [-0.05, 0) is 13.0 Å². The molecule has 0 unspecified atom stereocenters. The van der Waals surface area contributed by atoms with Gasteiger partial charge in [0.2, 0.25) is 0 Å². The molecule has 0 bridgehead atoms. The number of aromatic nitrogens is 1. The Hall–Kier alpha value is -1.63. The predicted molar refractivity (Wildman–Crippen MR) is 80.5 cm³/mol. The SMILES string of the molecule is Cc1ccc[n+](C)c1.O=S(=O)([C-](S(=O)(=O)C(F)(F)F)S(=O)(=O)C(F)(F)F)C(F)(F)F. The first-order valence-electron chi connectivity index (χ1n) is 6.63. The van der Waals surface area contributed by atoms with Gasteiger partial charge in [-0.1, -0.05) is 0 Å². The molecule has 1 heterocycles. The van der Waals surface area contributed by atoms with Crippen LogP contribution < -0.4 is 4.57 Å². The summed E-state index contributed by atoms with van der Waals surface area (Å²) in [6, 6.07) is 4.12. The number of aryl methyl sites for hydroxylation is 2. The van der Waals surface area contributed by atoms with Crippen molar-refractivity contribution in [1.82, 2.24) is 0 Å². The molecule has 0 aliphatic heterocycles. The second kappa shape index (κ2) is 8.48. The van der Waals surface area contributed by atoms with Crippen molar-refractivity contribution in [2.45, 2.75) is 23.4 Å². The topological polar surface area (TPSA) is 106 Å². The smallest absolute Gasteiger partial charge is 0.251 e. The van der Waals surface area contributed by atoms with Gasteiger partial charge in [0.1, 0.15) is 7.05 Å². The number of hydrogen-bond donors (Lipinski definition) is 0. The Balaban J connectivity index is 0.000000867. The summed E-state index contributed by atoms with van der Waals surface area (Å²) in [4.78, 5) is 0. The van der Waals surface area contributed by atoms with Gasteiger partial charge >= 0.3 is 16.5 Å². The monoisotopic (exact) mass is 519 g/mol. The first kappa shape index (κ1) is 28.4. The maximum atomic E-state index is 12.0. The Bertz CT molecular complexity index is 949. The maximum Gasteiger partial charge on any atom is 0.470 e. The van der Waals surface area contributed by atoms with Crippen LogP contribution in [0.3, 0.4) is 0 Å². The van der Waals surface area contributed by atoms with E-state index in [1.165, 1.54) is 5.56 Å². The number of rotatable bonds is 3. The summed E-state index contributed by atoms with van der Waals surface area (Å²) < 4.78 is 169. The molecule has 0 atom stereocenters. The molecule has 0 radical (unpaired) electrons. The standard InChI is InChI=1S/C7H10N.C4F9O6S3/c1-7-4-3-5-8(2)6-7;5-2(6,7)20(14,15)1(21(16,17)3(8,9)10)22(18,19)4(11,12)13/h3-6H,1-2H3;/q+1;-1. The maximum absolute atomic E-state index is 12.0. The van der Waals surface area contributed by atoms with Crippen molar-refractivity contribution in [2.24, 2.45) is 7.05 Å². The molecule has 1 rings (SSSR count). The predicted octanol–water partition coefficient (Wildman–Crippen LogP) is 2.06. The van der Waals surface area contributed by atoms with Crippen LogP contribution in [0.1, 0.15) is 5.56 Å². The molecular weight excluding hydrogens is 509 g/mol. The van der Waals surface area contributed by atoms with Crippen molar-refractivity contribution in [3.05, 3.63) is 34.0 Å². The summed E-state index contributed by atoms with van der Waals surface area (Å²) in [5.41, 5.74) is -19.9. The summed E-state index contributed by atoms with van der Waals surface area (Å²) >= 11 is 0. The zero-order valence-electron chi connectivity index (χ0n) is 14.3. The van der Waals surface area contributed by atoms with Crippen LogP contribution in [-0.4, -0.2) is 41.8 Å². The van der Waals surface area contributed by atoms with E-state index in [-0.39, 0.29) is 0 Å². The highest BCUT2D eigenvalue weighted by Gasteiger charge is 2.63. The second-order valence-electron chi connectivity index (χ2n) is 5.14. The van der Waals surface area contributed by atoms with Gasteiger partial charge in [-0.25, -0.2) is 4.57 Å². The van der Waals surface area contributed by atoms with E-state index in [1.54, 1.807) is 0 Å². The number of hydrogen-bond acceptors (Lipinski definition) is 6. The number of pyridine rings is 1. The lowest BCUT2D eigenvalue weighted by molar-refractivity contribution is -0.671. The molecule has 0 saturated heterocycles.